The van der Waals surface area contributed by atoms with Crippen molar-refractivity contribution in [1.29, 1.82) is 0 Å². The summed E-state index contributed by atoms with van der Waals surface area (Å²) in [5, 5.41) is 0. The van der Waals surface area contributed by atoms with E-state index >= 15 is 0 Å². The lowest BCUT2D eigenvalue weighted by Gasteiger charge is -2.18. The van der Waals surface area contributed by atoms with Crippen molar-refractivity contribution in [3.63, 3.8) is 0 Å². The molecule has 1 atom stereocenters. The van der Waals surface area contributed by atoms with Crippen LogP contribution in [0.25, 0.3) is 0 Å². The second kappa shape index (κ2) is 50.4. The molecule has 0 unspecified atom stereocenters. The first-order chi connectivity index (χ1) is 30.4. The van der Waals surface area contributed by atoms with Gasteiger partial charge in [0.1, 0.15) is 13.2 Å². The summed E-state index contributed by atoms with van der Waals surface area (Å²) in [5.41, 5.74) is 0. The average molecular weight is 877 g/mol. The highest BCUT2D eigenvalue weighted by atomic mass is 16.6. The van der Waals surface area contributed by atoms with Gasteiger partial charge in [-0.3, -0.25) is 14.4 Å². The van der Waals surface area contributed by atoms with Crippen molar-refractivity contribution in [3.8, 4) is 0 Å². The van der Waals surface area contributed by atoms with E-state index < -0.39 is 6.10 Å². The maximum atomic E-state index is 12.8. The summed E-state index contributed by atoms with van der Waals surface area (Å²) in [6.07, 6.45) is 53.7. The predicted octanol–water partition coefficient (Wildman–Crippen LogP) is 18.2. The number of rotatable bonds is 51. The molecule has 0 bridgehead atoms. The lowest BCUT2D eigenvalue weighted by Crippen LogP contribution is -2.30. The van der Waals surface area contributed by atoms with Gasteiger partial charge in [0, 0.05) is 19.3 Å². The van der Waals surface area contributed by atoms with Gasteiger partial charge in [-0.05, 0) is 25.2 Å². The Balaban J connectivity index is 4.30. The number of esters is 3. The average Bonchev–Trinajstić information content (AvgIpc) is 3.26. The van der Waals surface area contributed by atoms with E-state index in [0.29, 0.717) is 19.3 Å². The predicted molar refractivity (Wildman–Crippen MR) is 266 cm³/mol. The molecule has 0 aromatic carbocycles. The SMILES string of the molecule is CCCCCCCCCCCCCCCCC(=O)OC[C@@H](COC(=O)CCCCCCCCCCCCCCC)OC(=O)CCCCCCCCCCCCCCCCC(C)C. The number of hydrogen-bond donors (Lipinski definition) is 0. The molecule has 0 aliphatic rings. The topological polar surface area (TPSA) is 78.9 Å². The van der Waals surface area contributed by atoms with Gasteiger partial charge in [0.05, 0.1) is 0 Å². The molecule has 0 heterocycles. The summed E-state index contributed by atoms with van der Waals surface area (Å²) >= 11 is 0. The fourth-order valence-electron chi connectivity index (χ4n) is 8.57. The van der Waals surface area contributed by atoms with Gasteiger partial charge >= 0.3 is 17.9 Å². The summed E-state index contributed by atoms with van der Waals surface area (Å²) in [6.45, 7) is 9.06. The second-order valence-corrected chi connectivity index (χ2v) is 19.7. The molecule has 0 aliphatic carbocycles. The number of unbranched alkanes of at least 4 members (excludes halogenated alkanes) is 38. The van der Waals surface area contributed by atoms with E-state index in [4.69, 9.17) is 14.2 Å². The Morgan fingerprint density at radius 1 is 0.306 bits per heavy atom. The molecule has 0 radical (unpaired) electrons. The van der Waals surface area contributed by atoms with Crippen molar-refractivity contribution in [3.05, 3.63) is 0 Å². The first-order valence-corrected chi connectivity index (χ1v) is 27.9. The van der Waals surface area contributed by atoms with Crippen LogP contribution < -0.4 is 0 Å². The van der Waals surface area contributed by atoms with Crippen molar-refractivity contribution in [2.75, 3.05) is 13.2 Å². The molecule has 62 heavy (non-hydrogen) atoms. The standard InChI is InChI=1S/C56H108O6/c1-5-7-9-11-13-15-17-19-24-28-32-36-40-44-48-55(58)61-51-53(50-60-54(57)47-43-39-35-31-27-22-18-16-14-12-10-8-6-2)62-56(59)49-45-41-37-33-29-25-21-20-23-26-30-34-38-42-46-52(3)4/h52-53H,5-51H2,1-4H3/t53-/m1/s1. The number of carbonyl (C=O) groups excluding carboxylic acids is 3. The highest BCUT2D eigenvalue weighted by molar-refractivity contribution is 5.71. The van der Waals surface area contributed by atoms with Gasteiger partial charge in [-0.2, -0.15) is 0 Å². The summed E-state index contributed by atoms with van der Waals surface area (Å²) in [7, 11) is 0. The minimum Gasteiger partial charge on any atom is -0.462 e. The summed E-state index contributed by atoms with van der Waals surface area (Å²) < 4.78 is 16.9. The zero-order valence-electron chi connectivity index (χ0n) is 42.3. The van der Waals surface area contributed by atoms with Gasteiger partial charge in [0.25, 0.3) is 0 Å². The largest absolute Gasteiger partial charge is 0.462 e. The Labute approximate surface area is 387 Å². The smallest absolute Gasteiger partial charge is 0.306 e. The van der Waals surface area contributed by atoms with Crippen LogP contribution in [0.2, 0.25) is 0 Å². The van der Waals surface area contributed by atoms with Crippen LogP contribution in [0.4, 0.5) is 0 Å². The summed E-state index contributed by atoms with van der Waals surface area (Å²) in [4.78, 5) is 38.1. The van der Waals surface area contributed by atoms with Crippen molar-refractivity contribution in [2.24, 2.45) is 5.92 Å². The fraction of sp³-hybridized carbons (Fsp3) is 0.946. The highest BCUT2D eigenvalue weighted by Crippen LogP contribution is 2.18. The quantitative estimate of drug-likeness (QED) is 0.0344. The summed E-state index contributed by atoms with van der Waals surface area (Å²) in [6, 6.07) is 0. The number of ether oxygens (including phenoxy) is 3. The van der Waals surface area contributed by atoms with E-state index in [1.807, 2.05) is 0 Å². The fourth-order valence-corrected chi connectivity index (χ4v) is 8.57. The molecule has 6 heteroatoms. The first-order valence-electron chi connectivity index (χ1n) is 27.9. The zero-order chi connectivity index (χ0) is 45.2. The highest BCUT2D eigenvalue weighted by Gasteiger charge is 2.19. The van der Waals surface area contributed by atoms with E-state index in [1.165, 1.54) is 212 Å². The maximum Gasteiger partial charge on any atom is 0.306 e. The lowest BCUT2D eigenvalue weighted by molar-refractivity contribution is -0.167. The van der Waals surface area contributed by atoms with Crippen LogP contribution in [0, 0.1) is 5.92 Å². The van der Waals surface area contributed by atoms with Gasteiger partial charge < -0.3 is 14.2 Å². The molecule has 0 aromatic heterocycles. The molecule has 0 aromatic rings. The van der Waals surface area contributed by atoms with Crippen molar-refractivity contribution >= 4 is 17.9 Å². The summed E-state index contributed by atoms with van der Waals surface area (Å²) in [5.74, 6) is 0.00593. The molecule has 0 spiro atoms. The molecule has 0 rings (SSSR count). The third-order valence-electron chi connectivity index (χ3n) is 12.8. The van der Waals surface area contributed by atoms with E-state index in [2.05, 4.69) is 27.7 Å². The molecule has 0 saturated heterocycles. The van der Waals surface area contributed by atoms with Gasteiger partial charge in [0.2, 0.25) is 0 Å². The van der Waals surface area contributed by atoms with E-state index in [1.54, 1.807) is 0 Å². The third kappa shape index (κ3) is 49.4. The molecule has 0 N–H and O–H groups in total. The Morgan fingerprint density at radius 2 is 0.532 bits per heavy atom. The normalized spacial score (nSPS) is 12.0. The van der Waals surface area contributed by atoms with Crippen LogP contribution in [-0.2, 0) is 28.6 Å². The second-order valence-electron chi connectivity index (χ2n) is 19.7. The van der Waals surface area contributed by atoms with Gasteiger partial charge in [-0.15, -0.1) is 0 Å². The Bertz CT molecular complexity index is 933. The van der Waals surface area contributed by atoms with Crippen molar-refractivity contribution < 1.29 is 28.6 Å². The zero-order valence-corrected chi connectivity index (χ0v) is 42.3. The third-order valence-corrected chi connectivity index (χ3v) is 12.8. The van der Waals surface area contributed by atoms with Gasteiger partial charge in [-0.1, -0.05) is 278 Å². The molecule has 368 valence electrons. The van der Waals surface area contributed by atoms with Crippen LogP contribution in [0.15, 0.2) is 0 Å². The van der Waals surface area contributed by atoms with Gasteiger partial charge in [-0.25, -0.2) is 0 Å². The number of carbonyl (C=O) groups is 3. The molecule has 0 saturated carbocycles. The number of hydrogen-bond acceptors (Lipinski definition) is 6. The first kappa shape index (κ1) is 60.4. The Kier molecular flexibility index (Phi) is 49.1. The van der Waals surface area contributed by atoms with Crippen LogP contribution >= 0.6 is 0 Å². The van der Waals surface area contributed by atoms with E-state index in [9.17, 15) is 14.4 Å². The molecular formula is C56H108O6. The van der Waals surface area contributed by atoms with Crippen molar-refractivity contribution in [2.45, 2.75) is 323 Å². The lowest BCUT2D eigenvalue weighted by atomic mass is 10.0. The monoisotopic (exact) mass is 877 g/mol. The van der Waals surface area contributed by atoms with Crippen molar-refractivity contribution in [1.82, 2.24) is 0 Å². The maximum absolute atomic E-state index is 12.8. The van der Waals surface area contributed by atoms with Gasteiger partial charge in [0.15, 0.2) is 6.10 Å². The van der Waals surface area contributed by atoms with Crippen LogP contribution in [0.5, 0.6) is 0 Å². The molecule has 6 nitrogen and oxygen atoms in total. The van der Waals surface area contributed by atoms with Crippen LogP contribution in [0.1, 0.15) is 317 Å². The van der Waals surface area contributed by atoms with E-state index in [-0.39, 0.29) is 31.1 Å². The Hall–Kier alpha value is -1.59. The minimum atomic E-state index is -0.761. The van der Waals surface area contributed by atoms with Crippen LogP contribution in [-0.4, -0.2) is 37.2 Å². The minimum absolute atomic E-state index is 0.0620. The Morgan fingerprint density at radius 3 is 0.790 bits per heavy atom. The van der Waals surface area contributed by atoms with E-state index in [0.717, 1.165) is 63.7 Å². The molecular weight excluding hydrogens is 769 g/mol. The molecule has 0 fully saturated rings. The molecule has 0 aliphatic heterocycles. The van der Waals surface area contributed by atoms with Crippen LogP contribution in [0.3, 0.4) is 0 Å². The molecule has 0 amide bonds.